The van der Waals surface area contributed by atoms with Crippen LogP contribution in [0.5, 0.6) is 0 Å². The first-order chi connectivity index (χ1) is 9.74. The Bertz CT molecular complexity index is 832. The number of para-hydroxylation sites is 1. The van der Waals surface area contributed by atoms with Gasteiger partial charge in [-0.2, -0.15) is 0 Å². The molecule has 0 fully saturated rings. The van der Waals surface area contributed by atoms with Gasteiger partial charge in [0, 0.05) is 6.07 Å². The van der Waals surface area contributed by atoms with Crippen LogP contribution in [0.2, 0.25) is 0 Å². The van der Waals surface area contributed by atoms with Crippen LogP contribution in [0.3, 0.4) is 0 Å². The Morgan fingerprint density at radius 3 is 2.50 bits per heavy atom. The number of benzene rings is 2. The number of hydrogen-bond acceptors (Lipinski definition) is 2. The molecular formula is C17H11BrO2. The average molecular weight is 327 g/mol. The monoisotopic (exact) mass is 326 g/mol. The summed E-state index contributed by atoms with van der Waals surface area (Å²) in [6.07, 6.45) is 1.92. The van der Waals surface area contributed by atoms with Crippen LogP contribution in [-0.4, -0.2) is 0 Å². The molecule has 98 valence electrons. The summed E-state index contributed by atoms with van der Waals surface area (Å²) in [5.41, 5.74) is 1.59. The van der Waals surface area contributed by atoms with Crippen molar-refractivity contribution < 1.29 is 4.42 Å². The van der Waals surface area contributed by atoms with E-state index >= 15 is 0 Å². The highest BCUT2D eigenvalue weighted by molar-refractivity contribution is 9.15. The SMILES string of the molecule is O=c1cc(/C(Br)=C\c2ccccc2)oc2ccccc12. The molecule has 0 aliphatic rings. The molecule has 0 atom stereocenters. The lowest BCUT2D eigenvalue weighted by molar-refractivity contribution is 0.590. The maximum atomic E-state index is 12.0. The van der Waals surface area contributed by atoms with Crippen LogP contribution in [0, 0.1) is 0 Å². The highest BCUT2D eigenvalue weighted by Crippen LogP contribution is 2.25. The molecule has 1 aromatic heterocycles. The van der Waals surface area contributed by atoms with Crippen LogP contribution in [-0.2, 0) is 0 Å². The van der Waals surface area contributed by atoms with Gasteiger partial charge in [0.1, 0.15) is 11.3 Å². The normalized spacial score (nSPS) is 11.8. The van der Waals surface area contributed by atoms with Crippen molar-refractivity contribution in [3.63, 3.8) is 0 Å². The summed E-state index contributed by atoms with van der Waals surface area (Å²) in [6, 6.07) is 18.6. The second-order valence-electron chi connectivity index (χ2n) is 4.37. The number of halogens is 1. The molecule has 0 saturated heterocycles. The van der Waals surface area contributed by atoms with Gasteiger partial charge in [0.15, 0.2) is 5.43 Å². The van der Waals surface area contributed by atoms with E-state index in [2.05, 4.69) is 15.9 Å². The molecule has 3 heteroatoms. The molecule has 20 heavy (non-hydrogen) atoms. The maximum Gasteiger partial charge on any atom is 0.193 e. The van der Waals surface area contributed by atoms with Crippen LogP contribution in [0.25, 0.3) is 21.5 Å². The maximum absolute atomic E-state index is 12.0. The second kappa shape index (κ2) is 5.47. The Balaban J connectivity index is 2.11. The van der Waals surface area contributed by atoms with Gasteiger partial charge in [-0.15, -0.1) is 0 Å². The van der Waals surface area contributed by atoms with Crippen molar-refractivity contribution in [2.75, 3.05) is 0 Å². The zero-order valence-electron chi connectivity index (χ0n) is 10.5. The van der Waals surface area contributed by atoms with Crippen LogP contribution in [0.4, 0.5) is 0 Å². The van der Waals surface area contributed by atoms with Crippen LogP contribution < -0.4 is 5.43 Å². The molecule has 0 aliphatic heterocycles. The molecule has 0 bridgehead atoms. The Morgan fingerprint density at radius 2 is 1.70 bits per heavy atom. The third-order valence-corrected chi connectivity index (χ3v) is 3.58. The van der Waals surface area contributed by atoms with Gasteiger partial charge in [-0.25, -0.2) is 0 Å². The summed E-state index contributed by atoms with van der Waals surface area (Å²) in [7, 11) is 0. The summed E-state index contributed by atoms with van der Waals surface area (Å²) in [6.45, 7) is 0. The molecule has 0 saturated carbocycles. The summed E-state index contributed by atoms with van der Waals surface area (Å²) >= 11 is 3.47. The van der Waals surface area contributed by atoms with E-state index in [-0.39, 0.29) is 5.43 Å². The molecule has 2 nitrogen and oxygen atoms in total. The smallest absolute Gasteiger partial charge is 0.193 e. The number of hydrogen-bond donors (Lipinski definition) is 0. The first kappa shape index (κ1) is 12.9. The van der Waals surface area contributed by atoms with Gasteiger partial charge in [-0.3, -0.25) is 4.79 Å². The van der Waals surface area contributed by atoms with E-state index in [1.807, 2.05) is 48.5 Å². The van der Waals surface area contributed by atoms with E-state index in [4.69, 9.17) is 4.42 Å². The van der Waals surface area contributed by atoms with Crippen molar-refractivity contribution >= 4 is 37.5 Å². The molecule has 3 rings (SSSR count). The van der Waals surface area contributed by atoms with Gasteiger partial charge < -0.3 is 4.42 Å². The highest BCUT2D eigenvalue weighted by Gasteiger charge is 2.06. The molecule has 2 aromatic carbocycles. The summed E-state index contributed by atoms with van der Waals surface area (Å²) in [5, 5.41) is 0.594. The Hall–Kier alpha value is -2.13. The third kappa shape index (κ3) is 2.58. The van der Waals surface area contributed by atoms with Crippen molar-refractivity contribution in [3.05, 3.63) is 82.2 Å². The van der Waals surface area contributed by atoms with E-state index in [0.717, 1.165) is 10.0 Å². The first-order valence-corrected chi connectivity index (χ1v) is 6.99. The molecule has 0 N–H and O–H groups in total. The van der Waals surface area contributed by atoms with E-state index in [9.17, 15) is 4.79 Å². The van der Waals surface area contributed by atoms with Gasteiger partial charge in [0.05, 0.1) is 9.87 Å². The van der Waals surface area contributed by atoms with E-state index in [1.165, 1.54) is 6.07 Å². The molecule has 3 aromatic rings. The number of rotatable bonds is 2. The molecule has 0 aliphatic carbocycles. The van der Waals surface area contributed by atoms with Crippen molar-refractivity contribution in [3.8, 4) is 0 Å². The lowest BCUT2D eigenvalue weighted by Gasteiger charge is -2.02. The first-order valence-electron chi connectivity index (χ1n) is 6.19. The second-order valence-corrected chi connectivity index (χ2v) is 5.23. The predicted molar refractivity (Wildman–Crippen MR) is 85.7 cm³/mol. The minimum atomic E-state index is -0.0414. The van der Waals surface area contributed by atoms with Crippen molar-refractivity contribution in [2.24, 2.45) is 0 Å². The zero-order valence-corrected chi connectivity index (χ0v) is 12.1. The molecule has 1 heterocycles. The van der Waals surface area contributed by atoms with Crippen LogP contribution >= 0.6 is 15.9 Å². The van der Waals surface area contributed by atoms with E-state index in [1.54, 1.807) is 12.1 Å². The Morgan fingerprint density at radius 1 is 1.00 bits per heavy atom. The van der Waals surface area contributed by atoms with Gasteiger partial charge in [0.2, 0.25) is 0 Å². The summed E-state index contributed by atoms with van der Waals surface area (Å²) in [5.74, 6) is 0.526. The van der Waals surface area contributed by atoms with Gasteiger partial charge >= 0.3 is 0 Å². The summed E-state index contributed by atoms with van der Waals surface area (Å²) < 4.78 is 6.50. The molecule has 0 amide bonds. The fraction of sp³-hybridized carbons (Fsp3) is 0. The van der Waals surface area contributed by atoms with Crippen molar-refractivity contribution in [1.29, 1.82) is 0 Å². The van der Waals surface area contributed by atoms with Gasteiger partial charge in [0.25, 0.3) is 0 Å². The topological polar surface area (TPSA) is 30.2 Å². The Kier molecular flexibility index (Phi) is 3.52. The predicted octanol–water partition coefficient (Wildman–Crippen LogP) is 4.69. The summed E-state index contributed by atoms with van der Waals surface area (Å²) in [4.78, 5) is 12.0. The highest BCUT2D eigenvalue weighted by atomic mass is 79.9. The molecule has 0 unspecified atom stereocenters. The van der Waals surface area contributed by atoms with Gasteiger partial charge in [-0.1, -0.05) is 42.5 Å². The van der Waals surface area contributed by atoms with Crippen molar-refractivity contribution in [2.45, 2.75) is 0 Å². The number of fused-ring (bicyclic) bond motifs is 1. The molecule has 0 radical (unpaired) electrons. The minimum absolute atomic E-state index is 0.0414. The van der Waals surface area contributed by atoms with Gasteiger partial charge in [-0.05, 0) is 39.7 Å². The van der Waals surface area contributed by atoms with E-state index in [0.29, 0.717) is 16.7 Å². The largest absolute Gasteiger partial charge is 0.455 e. The molecular weight excluding hydrogens is 316 g/mol. The fourth-order valence-corrected chi connectivity index (χ4v) is 2.45. The van der Waals surface area contributed by atoms with E-state index < -0.39 is 0 Å². The molecule has 0 spiro atoms. The fourth-order valence-electron chi connectivity index (χ4n) is 1.99. The van der Waals surface area contributed by atoms with Crippen molar-refractivity contribution in [1.82, 2.24) is 0 Å². The lowest BCUT2D eigenvalue weighted by atomic mass is 10.2. The lowest BCUT2D eigenvalue weighted by Crippen LogP contribution is -2.00. The third-order valence-electron chi connectivity index (χ3n) is 2.96. The quantitative estimate of drug-likeness (QED) is 0.684. The van der Waals surface area contributed by atoms with Crippen LogP contribution in [0.1, 0.15) is 11.3 Å². The van der Waals surface area contributed by atoms with Crippen LogP contribution in [0.15, 0.2) is 69.9 Å². The standard InChI is InChI=1S/C17H11BrO2/c18-14(10-12-6-2-1-3-7-12)17-11-15(19)13-8-4-5-9-16(13)20-17/h1-11H/b14-10+. The average Bonchev–Trinajstić information content (AvgIpc) is 2.48. The minimum Gasteiger partial charge on any atom is -0.455 e. The zero-order chi connectivity index (χ0) is 13.9. The Labute approximate surface area is 124 Å².